The lowest BCUT2D eigenvalue weighted by Gasteiger charge is -2.26. The zero-order valence-corrected chi connectivity index (χ0v) is 20.8. The van der Waals surface area contributed by atoms with E-state index >= 15 is 0 Å². The number of aromatic nitrogens is 2. The van der Waals surface area contributed by atoms with Crippen molar-refractivity contribution in [1.82, 2.24) is 15.5 Å². The Bertz CT molecular complexity index is 1180. The molecule has 0 spiro atoms. The maximum Gasteiger partial charge on any atom is 0.471 e. The van der Waals surface area contributed by atoms with E-state index in [0.29, 0.717) is 17.7 Å². The van der Waals surface area contributed by atoms with Crippen LogP contribution in [0, 0.1) is 5.92 Å². The van der Waals surface area contributed by atoms with Gasteiger partial charge in [0.15, 0.2) is 0 Å². The third-order valence-electron chi connectivity index (χ3n) is 5.80. The fourth-order valence-electron chi connectivity index (χ4n) is 3.60. The molecule has 8 nitrogen and oxygen atoms in total. The molecule has 11 heteroatoms. The van der Waals surface area contributed by atoms with Crippen molar-refractivity contribution in [3.63, 3.8) is 0 Å². The van der Waals surface area contributed by atoms with Crippen LogP contribution in [-0.4, -0.2) is 35.2 Å². The lowest BCUT2D eigenvalue weighted by atomic mass is 9.91. The number of nitrogens with one attached hydrogen (secondary N) is 2. The molecule has 0 aliphatic heterocycles. The second-order valence-corrected chi connectivity index (χ2v) is 8.44. The van der Waals surface area contributed by atoms with Gasteiger partial charge >= 0.3 is 18.0 Å². The van der Waals surface area contributed by atoms with E-state index in [0.717, 1.165) is 17.7 Å². The van der Waals surface area contributed by atoms with E-state index in [1.165, 1.54) is 0 Å². The van der Waals surface area contributed by atoms with Gasteiger partial charge in [0.05, 0.1) is 19.1 Å². The average Bonchev–Trinajstić information content (AvgIpc) is 3.39. The molecule has 1 amide bonds. The monoisotopic (exact) mass is 518 g/mol. The minimum atomic E-state index is -4.70. The summed E-state index contributed by atoms with van der Waals surface area (Å²) in [6, 6.07) is 13.8. The Hall–Kier alpha value is -3.89. The van der Waals surface area contributed by atoms with E-state index in [1.54, 1.807) is 43.3 Å². The molecule has 0 aliphatic carbocycles. The second-order valence-electron chi connectivity index (χ2n) is 8.44. The largest absolute Gasteiger partial charge is 0.471 e. The Morgan fingerprint density at radius 3 is 2.30 bits per heavy atom. The maximum atomic E-state index is 12.8. The molecule has 2 N–H and O–H groups in total. The highest BCUT2D eigenvalue weighted by molar-refractivity contribution is 5.94. The predicted molar refractivity (Wildman–Crippen MR) is 131 cm³/mol. The van der Waals surface area contributed by atoms with Gasteiger partial charge in [-0.2, -0.15) is 18.2 Å². The van der Waals surface area contributed by atoms with Gasteiger partial charge in [-0.05, 0) is 42.7 Å². The van der Waals surface area contributed by atoms with Crippen molar-refractivity contribution >= 4 is 17.6 Å². The topological polar surface area (TPSA) is 106 Å². The molecular formula is C26H29F3N4O4. The number of ether oxygens (including phenoxy) is 1. The number of carbonyl (C=O) groups is 2. The first-order chi connectivity index (χ1) is 17.6. The summed E-state index contributed by atoms with van der Waals surface area (Å²) in [4.78, 5) is 27.2. The molecule has 1 unspecified atom stereocenters. The van der Waals surface area contributed by atoms with Crippen molar-refractivity contribution in [2.24, 2.45) is 5.92 Å². The van der Waals surface area contributed by atoms with Crippen LogP contribution in [0.2, 0.25) is 0 Å². The van der Waals surface area contributed by atoms with Crippen molar-refractivity contribution in [2.45, 2.75) is 45.8 Å². The van der Waals surface area contributed by atoms with Crippen LogP contribution in [0.1, 0.15) is 61.5 Å². The van der Waals surface area contributed by atoms with E-state index < -0.39 is 12.1 Å². The maximum absolute atomic E-state index is 12.8. The molecule has 1 heterocycles. The first-order valence-corrected chi connectivity index (χ1v) is 11.9. The summed E-state index contributed by atoms with van der Waals surface area (Å²) in [6.45, 7) is 6.36. The van der Waals surface area contributed by atoms with Gasteiger partial charge < -0.3 is 19.9 Å². The predicted octanol–water partition coefficient (Wildman–Crippen LogP) is 5.64. The minimum Gasteiger partial charge on any atom is -0.466 e. The summed E-state index contributed by atoms with van der Waals surface area (Å²) in [6.07, 6.45) is -3.72. The van der Waals surface area contributed by atoms with E-state index in [4.69, 9.17) is 4.74 Å². The zero-order chi connectivity index (χ0) is 27.0. The molecule has 1 aromatic heterocycles. The number of anilines is 1. The van der Waals surface area contributed by atoms with Gasteiger partial charge in [-0.1, -0.05) is 49.7 Å². The van der Waals surface area contributed by atoms with E-state index in [2.05, 4.69) is 39.1 Å². The summed E-state index contributed by atoms with van der Waals surface area (Å²) in [5.41, 5.74) is 2.59. The number of esters is 1. The quantitative estimate of drug-likeness (QED) is 0.317. The SMILES string of the molecule is CCOC(=O)CCNC(=O)c1ccc(N[C@H](c2ccc(-c3noc(C(F)(F)F)n3)cc2)C(C)CC)cc1. The van der Waals surface area contributed by atoms with Crippen LogP contribution in [0.5, 0.6) is 0 Å². The highest BCUT2D eigenvalue weighted by Gasteiger charge is 2.38. The van der Waals surface area contributed by atoms with Crippen LogP contribution in [0.25, 0.3) is 11.4 Å². The Morgan fingerprint density at radius 2 is 1.73 bits per heavy atom. The zero-order valence-electron chi connectivity index (χ0n) is 20.8. The van der Waals surface area contributed by atoms with Gasteiger partial charge in [-0.25, -0.2) is 0 Å². The normalized spacial score (nSPS) is 13.0. The van der Waals surface area contributed by atoms with Gasteiger partial charge in [0.1, 0.15) is 0 Å². The smallest absolute Gasteiger partial charge is 0.466 e. The molecule has 3 aromatic rings. The summed E-state index contributed by atoms with van der Waals surface area (Å²) in [5, 5.41) is 9.59. The Kier molecular flexibility index (Phi) is 9.26. The van der Waals surface area contributed by atoms with Crippen molar-refractivity contribution in [2.75, 3.05) is 18.5 Å². The highest BCUT2D eigenvalue weighted by atomic mass is 19.4. The fourth-order valence-corrected chi connectivity index (χ4v) is 3.60. The molecule has 37 heavy (non-hydrogen) atoms. The average molecular weight is 519 g/mol. The number of rotatable bonds is 11. The lowest BCUT2D eigenvalue weighted by Crippen LogP contribution is -2.26. The molecule has 0 fully saturated rings. The molecular weight excluding hydrogens is 489 g/mol. The molecule has 2 aromatic carbocycles. The molecule has 3 rings (SSSR count). The third kappa shape index (κ3) is 7.55. The fraction of sp³-hybridized carbons (Fsp3) is 0.385. The van der Waals surface area contributed by atoms with Crippen LogP contribution in [0.4, 0.5) is 18.9 Å². The number of nitrogens with zero attached hydrogens (tertiary/aromatic N) is 2. The second kappa shape index (κ2) is 12.4. The van der Waals surface area contributed by atoms with Crippen LogP contribution in [-0.2, 0) is 15.7 Å². The summed E-state index contributed by atoms with van der Waals surface area (Å²) in [5.74, 6) is -1.96. The highest BCUT2D eigenvalue weighted by Crippen LogP contribution is 2.32. The Labute approximate surface area is 212 Å². The van der Waals surface area contributed by atoms with Crippen molar-refractivity contribution < 1.29 is 32.0 Å². The Balaban J connectivity index is 1.67. The van der Waals surface area contributed by atoms with Gasteiger partial charge in [-0.3, -0.25) is 9.59 Å². The summed E-state index contributed by atoms with van der Waals surface area (Å²) < 4.78 is 47.4. The molecule has 0 saturated carbocycles. The number of benzene rings is 2. The van der Waals surface area contributed by atoms with Crippen LogP contribution < -0.4 is 10.6 Å². The van der Waals surface area contributed by atoms with Crippen LogP contribution >= 0.6 is 0 Å². The Morgan fingerprint density at radius 1 is 1.05 bits per heavy atom. The number of halogens is 3. The first-order valence-electron chi connectivity index (χ1n) is 11.9. The molecule has 2 atom stereocenters. The standard InChI is InChI=1S/C26H29F3N4O4/c1-4-16(3)22(17-6-8-18(9-7-17)23-32-25(37-33-23)26(27,28)29)31-20-12-10-19(11-13-20)24(35)30-15-14-21(34)36-5-2/h6-13,16,22,31H,4-5,14-15H2,1-3H3,(H,30,35)/t16?,22-/m0/s1. The molecule has 0 radical (unpaired) electrons. The molecule has 198 valence electrons. The van der Waals surface area contributed by atoms with Gasteiger partial charge in [0.2, 0.25) is 5.82 Å². The number of amides is 1. The van der Waals surface area contributed by atoms with Gasteiger partial charge in [0, 0.05) is 23.4 Å². The van der Waals surface area contributed by atoms with Crippen molar-refractivity contribution in [1.29, 1.82) is 0 Å². The van der Waals surface area contributed by atoms with Gasteiger partial charge in [-0.15, -0.1) is 0 Å². The number of hydrogen-bond acceptors (Lipinski definition) is 7. The minimum absolute atomic E-state index is 0.0979. The summed E-state index contributed by atoms with van der Waals surface area (Å²) >= 11 is 0. The van der Waals surface area contributed by atoms with Crippen molar-refractivity contribution in [3.8, 4) is 11.4 Å². The molecule has 0 aliphatic rings. The van der Waals surface area contributed by atoms with E-state index in [1.807, 2.05) is 12.1 Å². The lowest BCUT2D eigenvalue weighted by molar-refractivity contribution is -0.159. The number of hydrogen-bond donors (Lipinski definition) is 2. The summed E-state index contributed by atoms with van der Waals surface area (Å²) in [7, 11) is 0. The van der Waals surface area contributed by atoms with E-state index in [-0.39, 0.29) is 42.6 Å². The molecule has 0 bridgehead atoms. The van der Waals surface area contributed by atoms with Crippen molar-refractivity contribution in [3.05, 3.63) is 65.5 Å². The van der Waals surface area contributed by atoms with Crippen LogP contribution in [0.15, 0.2) is 53.1 Å². The molecule has 0 saturated heterocycles. The third-order valence-corrected chi connectivity index (χ3v) is 5.80. The van der Waals surface area contributed by atoms with Crippen LogP contribution in [0.3, 0.4) is 0 Å². The number of alkyl halides is 3. The van der Waals surface area contributed by atoms with Gasteiger partial charge in [0.25, 0.3) is 5.91 Å². The number of carbonyl (C=O) groups excluding carboxylic acids is 2. The van der Waals surface area contributed by atoms with E-state index in [9.17, 15) is 22.8 Å². The first kappa shape index (κ1) is 27.7.